The number of anilines is 1. The van der Waals surface area contributed by atoms with Crippen LogP contribution in [0.3, 0.4) is 0 Å². The van der Waals surface area contributed by atoms with Gasteiger partial charge in [-0.15, -0.1) is 0 Å². The van der Waals surface area contributed by atoms with E-state index >= 15 is 0 Å². The van der Waals surface area contributed by atoms with Gasteiger partial charge in [0, 0.05) is 44.0 Å². The maximum atomic E-state index is 5.50. The molecule has 0 spiro atoms. The van der Waals surface area contributed by atoms with E-state index in [9.17, 15) is 0 Å². The molecule has 0 saturated carbocycles. The number of rotatable bonds is 8. The molecule has 1 saturated heterocycles. The molecule has 2 atom stereocenters. The molecule has 164 valence electrons. The zero-order chi connectivity index (χ0) is 21.7. The topological polar surface area (TPSA) is 15.7 Å². The van der Waals surface area contributed by atoms with Crippen molar-refractivity contribution in [1.82, 2.24) is 4.90 Å². The van der Waals surface area contributed by atoms with Gasteiger partial charge in [0.1, 0.15) is 0 Å². The third-order valence-electron chi connectivity index (χ3n) is 6.91. The molecule has 2 aromatic rings. The Morgan fingerprint density at radius 2 is 1.67 bits per heavy atom. The van der Waals surface area contributed by atoms with Crippen molar-refractivity contribution in [2.75, 3.05) is 18.6 Å². The highest BCUT2D eigenvalue weighted by atomic mass is 16.5. The average Bonchev–Trinajstić information content (AvgIpc) is 2.74. The zero-order valence-corrected chi connectivity index (χ0v) is 19.8. The van der Waals surface area contributed by atoms with Crippen LogP contribution in [-0.2, 0) is 24.3 Å². The van der Waals surface area contributed by atoms with Gasteiger partial charge in [-0.1, -0.05) is 43.3 Å². The number of ether oxygens (including phenoxy) is 1. The summed E-state index contributed by atoms with van der Waals surface area (Å²) in [6, 6.07) is 17.4. The van der Waals surface area contributed by atoms with Gasteiger partial charge in [0.05, 0.1) is 6.61 Å². The highest BCUT2D eigenvalue weighted by Crippen LogP contribution is 2.34. The summed E-state index contributed by atoms with van der Waals surface area (Å²) in [4.78, 5) is 5.35. The van der Waals surface area contributed by atoms with Gasteiger partial charge in [-0.2, -0.15) is 0 Å². The summed E-state index contributed by atoms with van der Waals surface area (Å²) in [5.41, 5.74) is 6.93. The first-order valence-electron chi connectivity index (χ1n) is 11.7. The van der Waals surface area contributed by atoms with Crippen LogP contribution in [0.15, 0.2) is 42.5 Å². The Morgan fingerprint density at radius 1 is 1.00 bits per heavy atom. The van der Waals surface area contributed by atoms with Crippen molar-refractivity contribution >= 4 is 5.69 Å². The zero-order valence-electron chi connectivity index (χ0n) is 19.8. The molecule has 3 heteroatoms. The quantitative estimate of drug-likeness (QED) is 0.535. The number of methoxy groups -OCH3 is 1. The maximum Gasteiger partial charge on any atom is 0.0716 e. The van der Waals surface area contributed by atoms with E-state index in [1.807, 2.05) is 0 Å². The first-order chi connectivity index (χ1) is 14.5. The molecule has 3 rings (SSSR count). The van der Waals surface area contributed by atoms with Crippen LogP contribution < -0.4 is 4.90 Å². The number of aryl methyl sites for hydroxylation is 1. The lowest BCUT2D eigenvalue weighted by atomic mass is 9.89. The first kappa shape index (κ1) is 22.8. The molecule has 0 aromatic heterocycles. The lowest BCUT2D eigenvalue weighted by Crippen LogP contribution is -2.53. The van der Waals surface area contributed by atoms with Gasteiger partial charge in [0.2, 0.25) is 0 Å². The molecule has 0 aliphatic carbocycles. The van der Waals surface area contributed by atoms with Gasteiger partial charge in [-0.05, 0) is 75.3 Å². The molecular formula is C27H40N2O. The monoisotopic (exact) mass is 408 g/mol. The SMILES string of the molecule is CCc1cc(COC)c(C)c(N(CC)C2CC(C)N(Cc3ccccc3)C(C)C2)c1. The lowest BCUT2D eigenvalue weighted by Gasteiger charge is -2.47. The summed E-state index contributed by atoms with van der Waals surface area (Å²) in [5, 5.41) is 0. The second kappa shape index (κ2) is 10.5. The van der Waals surface area contributed by atoms with Crippen LogP contribution in [0.1, 0.15) is 62.8 Å². The third-order valence-corrected chi connectivity index (χ3v) is 6.91. The van der Waals surface area contributed by atoms with Crippen LogP contribution in [0.5, 0.6) is 0 Å². The van der Waals surface area contributed by atoms with Gasteiger partial charge in [-0.3, -0.25) is 4.90 Å². The fourth-order valence-electron chi connectivity index (χ4n) is 5.20. The highest BCUT2D eigenvalue weighted by Gasteiger charge is 2.34. The molecule has 1 fully saturated rings. The summed E-state index contributed by atoms with van der Waals surface area (Å²) in [6.07, 6.45) is 3.48. The predicted octanol–water partition coefficient (Wildman–Crippen LogP) is 5.97. The minimum Gasteiger partial charge on any atom is -0.380 e. The largest absolute Gasteiger partial charge is 0.380 e. The molecule has 3 nitrogen and oxygen atoms in total. The predicted molar refractivity (Wildman–Crippen MR) is 128 cm³/mol. The summed E-state index contributed by atoms with van der Waals surface area (Å²) in [6.45, 7) is 14.4. The van der Waals surface area contributed by atoms with Crippen LogP contribution in [-0.4, -0.2) is 36.7 Å². The molecule has 1 aliphatic rings. The number of piperidine rings is 1. The van der Waals surface area contributed by atoms with Gasteiger partial charge < -0.3 is 9.64 Å². The summed E-state index contributed by atoms with van der Waals surface area (Å²) in [5.74, 6) is 0. The van der Waals surface area contributed by atoms with Crippen LogP contribution in [0, 0.1) is 6.92 Å². The van der Waals surface area contributed by atoms with Gasteiger partial charge in [0.25, 0.3) is 0 Å². The van der Waals surface area contributed by atoms with Crippen molar-refractivity contribution in [3.05, 3.63) is 64.7 Å². The van der Waals surface area contributed by atoms with Gasteiger partial charge >= 0.3 is 0 Å². The van der Waals surface area contributed by atoms with Crippen LogP contribution >= 0.6 is 0 Å². The molecule has 2 aromatic carbocycles. The van der Waals surface area contributed by atoms with Crippen LogP contribution in [0.2, 0.25) is 0 Å². The van der Waals surface area contributed by atoms with E-state index in [4.69, 9.17) is 4.74 Å². The van der Waals surface area contributed by atoms with Gasteiger partial charge in [-0.25, -0.2) is 0 Å². The molecule has 1 aliphatic heterocycles. The molecule has 1 heterocycles. The molecule has 0 radical (unpaired) electrons. The third kappa shape index (κ3) is 5.07. The fourth-order valence-corrected chi connectivity index (χ4v) is 5.20. The van der Waals surface area contributed by atoms with E-state index in [-0.39, 0.29) is 0 Å². The normalized spacial score (nSPS) is 22.3. The summed E-state index contributed by atoms with van der Waals surface area (Å²) >= 11 is 0. The molecule has 0 amide bonds. The Hall–Kier alpha value is -1.84. The van der Waals surface area contributed by atoms with Crippen molar-refractivity contribution in [3.63, 3.8) is 0 Å². The van der Waals surface area contributed by atoms with E-state index in [0.29, 0.717) is 24.7 Å². The first-order valence-corrected chi connectivity index (χ1v) is 11.7. The van der Waals surface area contributed by atoms with E-state index in [2.05, 4.69) is 86.9 Å². The van der Waals surface area contributed by atoms with Crippen molar-refractivity contribution in [3.8, 4) is 0 Å². The smallest absolute Gasteiger partial charge is 0.0716 e. The Bertz CT molecular complexity index is 792. The maximum absolute atomic E-state index is 5.50. The molecule has 2 unspecified atom stereocenters. The molecule has 0 N–H and O–H groups in total. The average molecular weight is 409 g/mol. The highest BCUT2D eigenvalue weighted by molar-refractivity contribution is 5.59. The minimum atomic E-state index is 0.570. The Labute approximate surface area is 184 Å². The molecule has 30 heavy (non-hydrogen) atoms. The number of likely N-dealkylation sites (tertiary alicyclic amines) is 1. The second-order valence-corrected chi connectivity index (χ2v) is 8.95. The minimum absolute atomic E-state index is 0.570. The van der Waals surface area contributed by atoms with Crippen molar-refractivity contribution in [2.24, 2.45) is 0 Å². The van der Waals surface area contributed by atoms with Gasteiger partial charge in [0.15, 0.2) is 0 Å². The number of hydrogen-bond acceptors (Lipinski definition) is 3. The van der Waals surface area contributed by atoms with Crippen molar-refractivity contribution in [1.29, 1.82) is 0 Å². The van der Waals surface area contributed by atoms with Crippen LogP contribution in [0.4, 0.5) is 5.69 Å². The number of nitrogens with zero attached hydrogens (tertiary/aromatic N) is 2. The molecular weight excluding hydrogens is 368 g/mol. The summed E-state index contributed by atoms with van der Waals surface area (Å²) < 4.78 is 5.50. The van der Waals surface area contributed by atoms with E-state index < -0.39 is 0 Å². The number of hydrogen-bond donors (Lipinski definition) is 0. The Morgan fingerprint density at radius 3 is 2.23 bits per heavy atom. The fraction of sp³-hybridized carbons (Fsp3) is 0.556. The Kier molecular flexibility index (Phi) is 7.96. The Balaban J connectivity index is 1.82. The summed E-state index contributed by atoms with van der Waals surface area (Å²) in [7, 11) is 1.79. The standard InChI is InChI=1S/C27H40N2O/c1-7-23-16-25(19-30-6)22(5)27(17-23)28(8-2)26-14-20(3)29(21(4)15-26)18-24-12-10-9-11-13-24/h9-13,16-17,20-21,26H,7-8,14-15,18-19H2,1-6H3. The second-order valence-electron chi connectivity index (χ2n) is 8.95. The number of benzene rings is 2. The van der Waals surface area contributed by atoms with Crippen molar-refractivity contribution in [2.45, 2.75) is 85.2 Å². The van der Waals surface area contributed by atoms with E-state index in [1.54, 1.807) is 7.11 Å². The van der Waals surface area contributed by atoms with Crippen LogP contribution in [0.25, 0.3) is 0 Å². The van der Waals surface area contributed by atoms with Crippen molar-refractivity contribution < 1.29 is 4.74 Å². The van der Waals surface area contributed by atoms with E-state index in [1.165, 1.54) is 40.8 Å². The lowest BCUT2D eigenvalue weighted by molar-refractivity contribution is 0.0821. The van der Waals surface area contributed by atoms with E-state index in [0.717, 1.165) is 19.5 Å². The molecule has 0 bridgehead atoms.